The molecule has 0 saturated heterocycles. The molecule has 0 aliphatic heterocycles. The molecule has 1 heterocycles. The van der Waals surface area contributed by atoms with E-state index in [2.05, 4.69) is 4.98 Å². The van der Waals surface area contributed by atoms with Crippen molar-refractivity contribution in [2.75, 3.05) is 0 Å². The quantitative estimate of drug-likeness (QED) is 0.487. The van der Waals surface area contributed by atoms with E-state index in [0.29, 0.717) is 9.32 Å². The van der Waals surface area contributed by atoms with Crippen molar-refractivity contribution >= 4 is 28.4 Å². The van der Waals surface area contributed by atoms with Gasteiger partial charge in [0.1, 0.15) is 3.57 Å². The third-order valence-electron chi connectivity index (χ3n) is 1.80. The average Bonchev–Trinajstić information content (AvgIpc) is 2.87. The van der Waals surface area contributed by atoms with E-state index >= 15 is 0 Å². The molecule has 1 aliphatic rings. The zero-order valence-electron chi connectivity index (χ0n) is 7.14. The summed E-state index contributed by atoms with van der Waals surface area (Å²) in [6.07, 6.45) is 3.81. The Morgan fingerprint density at radius 1 is 1.64 bits per heavy atom. The first-order valence-corrected chi connectivity index (χ1v) is 5.21. The lowest BCUT2D eigenvalue weighted by Gasteiger charge is -2.02. The first-order valence-electron chi connectivity index (χ1n) is 4.13. The molecule has 1 fully saturated rings. The largest absolute Gasteiger partial charge is 0.486 e. The van der Waals surface area contributed by atoms with Gasteiger partial charge in [-0.15, -0.1) is 0 Å². The minimum Gasteiger partial charge on any atom is -0.486 e. The fourth-order valence-electron chi connectivity index (χ4n) is 0.990. The minimum atomic E-state index is -0.497. The van der Waals surface area contributed by atoms with E-state index in [-0.39, 0.29) is 11.9 Å². The summed E-state index contributed by atoms with van der Waals surface area (Å²) in [5.41, 5.74) is 0. The molecule has 74 valence electrons. The number of hydrogen-bond donors (Lipinski definition) is 0. The van der Waals surface area contributed by atoms with Crippen LogP contribution in [0.3, 0.4) is 0 Å². The maximum absolute atomic E-state index is 10.5. The highest BCUT2D eigenvalue weighted by molar-refractivity contribution is 14.1. The normalized spacial score (nSPS) is 15.2. The smallest absolute Gasteiger partial charge is 0.377 e. The van der Waals surface area contributed by atoms with Gasteiger partial charge in [0.05, 0.1) is 6.10 Å². The second kappa shape index (κ2) is 3.68. The van der Waals surface area contributed by atoms with Crippen molar-refractivity contribution in [3.8, 4) is 5.75 Å². The number of pyridine rings is 1. The Balaban J connectivity index is 2.20. The first-order chi connectivity index (χ1) is 6.66. The Morgan fingerprint density at radius 2 is 2.36 bits per heavy atom. The lowest BCUT2D eigenvalue weighted by atomic mass is 10.4. The van der Waals surface area contributed by atoms with E-state index in [0.717, 1.165) is 12.8 Å². The fraction of sp³-hybridized carbons (Fsp3) is 0.375. The zero-order chi connectivity index (χ0) is 10.1. The van der Waals surface area contributed by atoms with Gasteiger partial charge < -0.3 is 14.9 Å². The van der Waals surface area contributed by atoms with E-state index in [1.807, 2.05) is 22.6 Å². The van der Waals surface area contributed by atoms with Crippen LogP contribution in [0.25, 0.3) is 0 Å². The van der Waals surface area contributed by atoms with Gasteiger partial charge in [-0.1, -0.05) is 0 Å². The number of nitro groups is 1. The standard InChI is InChI=1S/C8H7IN2O3/c9-7-3-6(14-5-1-2-5)4-10-8(7)11(12)13/h3-5H,1-2H2. The number of hydrogen-bond acceptors (Lipinski definition) is 4. The molecule has 0 unspecified atom stereocenters. The predicted molar refractivity (Wildman–Crippen MR) is 57.3 cm³/mol. The minimum absolute atomic E-state index is 0.117. The third kappa shape index (κ3) is 2.11. The van der Waals surface area contributed by atoms with Crippen molar-refractivity contribution in [2.45, 2.75) is 18.9 Å². The Labute approximate surface area is 93.8 Å². The van der Waals surface area contributed by atoms with Gasteiger partial charge in [-0.25, -0.2) is 0 Å². The summed E-state index contributed by atoms with van der Waals surface area (Å²) < 4.78 is 5.96. The molecule has 1 aromatic heterocycles. The highest BCUT2D eigenvalue weighted by atomic mass is 127. The van der Waals surface area contributed by atoms with Gasteiger partial charge in [0.25, 0.3) is 0 Å². The van der Waals surface area contributed by atoms with Crippen LogP contribution in [0, 0.1) is 13.7 Å². The molecule has 0 aromatic carbocycles. The number of aromatic nitrogens is 1. The van der Waals surface area contributed by atoms with Gasteiger partial charge in [0, 0.05) is 6.07 Å². The van der Waals surface area contributed by atoms with Gasteiger partial charge in [0.15, 0.2) is 11.9 Å². The zero-order valence-corrected chi connectivity index (χ0v) is 9.30. The molecule has 0 amide bonds. The van der Waals surface area contributed by atoms with Gasteiger partial charge in [0.2, 0.25) is 0 Å². The molecule has 0 radical (unpaired) electrons. The lowest BCUT2D eigenvalue weighted by Crippen LogP contribution is -1.99. The molecule has 0 bridgehead atoms. The van der Waals surface area contributed by atoms with Crippen LogP contribution in [0.2, 0.25) is 0 Å². The van der Waals surface area contributed by atoms with Crippen molar-refractivity contribution in [2.24, 2.45) is 0 Å². The van der Waals surface area contributed by atoms with Crippen LogP contribution >= 0.6 is 22.6 Å². The van der Waals surface area contributed by atoms with Gasteiger partial charge in [-0.2, -0.15) is 0 Å². The Kier molecular flexibility index (Phi) is 2.53. The fourth-order valence-corrected chi connectivity index (χ4v) is 1.63. The van der Waals surface area contributed by atoms with Gasteiger partial charge in [-0.05, 0) is 45.3 Å². The number of rotatable bonds is 3. The van der Waals surface area contributed by atoms with Crippen LogP contribution in [0.4, 0.5) is 5.82 Å². The Bertz CT molecular complexity index is 379. The summed E-state index contributed by atoms with van der Waals surface area (Å²) in [6, 6.07) is 1.64. The molecule has 14 heavy (non-hydrogen) atoms. The van der Waals surface area contributed by atoms with Crippen LogP contribution in [0.15, 0.2) is 12.3 Å². The second-order valence-corrected chi connectivity index (χ2v) is 4.21. The summed E-state index contributed by atoms with van der Waals surface area (Å²) in [6.45, 7) is 0. The molecule has 0 atom stereocenters. The van der Waals surface area contributed by atoms with Gasteiger partial charge >= 0.3 is 5.82 Å². The summed E-state index contributed by atoms with van der Waals surface area (Å²) in [5, 5.41) is 10.5. The maximum Gasteiger partial charge on any atom is 0.377 e. The van der Waals surface area contributed by atoms with Crippen molar-refractivity contribution in [1.29, 1.82) is 0 Å². The number of ether oxygens (including phenoxy) is 1. The molecular formula is C8H7IN2O3. The second-order valence-electron chi connectivity index (χ2n) is 3.05. The van der Waals surface area contributed by atoms with Crippen LogP contribution in [-0.4, -0.2) is 16.0 Å². The molecule has 2 rings (SSSR count). The Hall–Kier alpha value is -0.920. The number of nitrogens with zero attached hydrogens (tertiary/aromatic N) is 2. The summed E-state index contributed by atoms with van der Waals surface area (Å²) in [7, 11) is 0. The Morgan fingerprint density at radius 3 is 2.86 bits per heavy atom. The maximum atomic E-state index is 10.5. The number of halogens is 1. The monoisotopic (exact) mass is 306 g/mol. The van der Waals surface area contributed by atoms with Crippen LogP contribution in [0.1, 0.15) is 12.8 Å². The molecule has 5 nitrogen and oxygen atoms in total. The molecular weight excluding hydrogens is 299 g/mol. The van der Waals surface area contributed by atoms with E-state index in [4.69, 9.17) is 4.74 Å². The molecule has 0 N–H and O–H groups in total. The van der Waals surface area contributed by atoms with Crippen LogP contribution in [-0.2, 0) is 0 Å². The lowest BCUT2D eigenvalue weighted by molar-refractivity contribution is -0.390. The van der Waals surface area contributed by atoms with Crippen molar-refractivity contribution in [3.05, 3.63) is 25.9 Å². The van der Waals surface area contributed by atoms with Crippen molar-refractivity contribution < 1.29 is 9.66 Å². The van der Waals surface area contributed by atoms with E-state index in [9.17, 15) is 10.1 Å². The predicted octanol–water partition coefficient (Wildman–Crippen LogP) is 2.14. The third-order valence-corrected chi connectivity index (χ3v) is 2.59. The highest BCUT2D eigenvalue weighted by Crippen LogP contribution is 2.29. The molecule has 6 heteroatoms. The van der Waals surface area contributed by atoms with E-state index in [1.165, 1.54) is 6.20 Å². The molecule has 1 aromatic rings. The topological polar surface area (TPSA) is 65.3 Å². The van der Waals surface area contributed by atoms with Gasteiger partial charge in [-0.3, -0.25) is 0 Å². The first kappa shape index (κ1) is 9.63. The average molecular weight is 306 g/mol. The highest BCUT2D eigenvalue weighted by Gasteiger charge is 2.25. The molecule has 0 spiro atoms. The van der Waals surface area contributed by atoms with Crippen molar-refractivity contribution in [3.63, 3.8) is 0 Å². The molecule has 1 saturated carbocycles. The van der Waals surface area contributed by atoms with Crippen molar-refractivity contribution in [1.82, 2.24) is 4.98 Å². The van der Waals surface area contributed by atoms with E-state index < -0.39 is 4.92 Å². The summed E-state index contributed by atoms with van der Waals surface area (Å²) >= 11 is 1.88. The summed E-state index contributed by atoms with van der Waals surface area (Å²) in [4.78, 5) is 13.7. The SMILES string of the molecule is O=[N+]([O-])c1ncc(OC2CC2)cc1I. The summed E-state index contributed by atoms with van der Waals surface area (Å²) in [5.74, 6) is 0.497. The molecule has 1 aliphatic carbocycles. The van der Waals surface area contributed by atoms with E-state index in [1.54, 1.807) is 6.07 Å². The van der Waals surface area contributed by atoms with Crippen LogP contribution in [0.5, 0.6) is 5.75 Å². The van der Waals surface area contributed by atoms with Crippen LogP contribution < -0.4 is 4.74 Å².